The van der Waals surface area contributed by atoms with Gasteiger partial charge in [-0.05, 0) is 19.4 Å². The van der Waals surface area contributed by atoms with Crippen LogP contribution < -0.4 is 0 Å². The third kappa shape index (κ3) is 4.35. The SMILES string of the molecule is CC(=O)N1CCN(C(=O)C(C)S(=O)(=O)Cc2ccc(C)cc2)CC1. The minimum atomic E-state index is -3.58. The Labute approximate surface area is 143 Å². The van der Waals surface area contributed by atoms with Crippen molar-refractivity contribution in [2.24, 2.45) is 0 Å². The van der Waals surface area contributed by atoms with Gasteiger partial charge in [0, 0.05) is 33.1 Å². The fourth-order valence-electron chi connectivity index (χ4n) is 2.69. The van der Waals surface area contributed by atoms with Crippen LogP contribution in [0.3, 0.4) is 0 Å². The minimum absolute atomic E-state index is 0.0258. The molecule has 0 N–H and O–H groups in total. The highest BCUT2D eigenvalue weighted by molar-refractivity contribution is 7.92. The van der Waals surface area contributed by atoms with Crippen LogP contribution >= 0.6 is 0 Å². The van der Waals surface area contributed by atoms with Gasteiger partial charge < -0.3 is 9.80 Å². The van der Waals surface area contributed by atoms with Gasteiger partial charge in [-0.2, -0.15) is 0 Å². The van der Waals surface area contributed by atoms with Crippen LogP contribution in [0.4, 0.5) is 0 Å². The average Bonchev–Trinajstić information content (AvgIpc) is 2.55. The first-order valence-corrected chi connectivity index (χ1v) is 9.73. The second-order valence-electron chi connectivity index (χ2n) is 6.27. The lowest BCUT2D eigenvalue weighted by Crippen LogP contribution is -2.53. The van der Waals surface area contributed by atoms with E-state index >= 15 is 0 Å². The van der Waals surface area contributed by atoms with Gasteiger partial charge in [0.1, 0.15) is 5.25 Å². The lowest BCUT2D eigenvalue weighted by molar-refractivity contribution is -0.137. The molecule has 6 nitrogen and oxygen atoms in total. The molecule has 0 spiro atoms. The number of benzene rings is 1. The van der Waals surface area contributed by atoms with E-state index in [4.69, 9.17) is 0 Å². The van der Waals surface area contributed by atoms with E-state index in [1.165, 1.54) is 18.7 Å². The first-order valence-electron chi connectivity index (χ1n) is 8.02. The van der Waals surface area contributed by atoms with Crippen LogP contribution in [0.25, 0.3) is 0 Å². The standard InChI is InChI=1S/C17H24N2O4S/c1-13-4-6-16(7-5-13)12-24(22,23)14(2)17(21)19-10-8-18(9-11-19)15(3)20/h4-7,14H,8-12H2,1-3H3. The van der Waals surface area contributed by atoms with Crippen LogP contribution in [-0.4, -0.2) is 61.5 Å². The Kier molecular flexibility index (Phi) is 5.64. The van der Waals surface area contributed by atoms with Crippen LogP contribution in [0.15, 0.2) is 24.3 Å². The number of carbonyl (C=O) groups excluding carboxylic acids is 2. The highest BCUT2D eigenvalue weighted by atomic mass is 32.2. The molecule has 1 atom stereocenters. The summed E-state index contributed by atoms with van der Waals surface area (Å²) in [6.45, 7) is 6.53. The van der Waals surface area contributed by atoms with Gasteiger partial charge in [-0.1, -0.05) is 29.8 Å². The molecule has 1 fully saturated rings. The summed E-state index contributed by atoms with van der Waals surface area (Å²) in [7, 11) is -3.58. The van der Waals surface area contributed by atoms with Crippen LogP contribution in [0, 0.1) is 6.92 Å². The fourth-order valence-corrected chi connectivity index (χ4v) is 4.06. The Morgan fingerprint density at radius 1 is 1.04 bits per heavy atom. The van der Waals surface area contributed by atoms with Crippen molar-refractivity contribution in [2.45, 2.75) is 31.8 Å². The summed E-state index contributed by atoms with van der Waals surface area (Å²) in [5.74, 6) is -0.555. The third-order valence-corrected chi connectivity index (χ3v) is 6.43. The number of rotatable bonds is 4. The molecule has 0 aromatic heterocycles. The largest absolute Gasteiger partial charge is 0.339 e. The second kappa shape index (κ2) is 7.34. The quantitative estimate of drug-likeness (QED) is 0.810. The maximum absolute atomic E-state index is 12.5. The normalized spacial score (nSPS) is 16.8. The van der Waals surface area contributed by atoms with Gasteiger partial charge in [-0.25, -0.2) is 8.42 Å². The molecule has 1 heterocycles. The van der Waals surface area contributed by atoms with Gasteiger partial charge in [0.2, 0.25) is 11.8 Å². The summed E-state index contributed by atoms with van der Waals surface area (Å²) >= 11 is 0. The van der Waals surface area contributed by atoms with E-state index in [1.54, 1.807) is 17.0 Å². The third-order valence-electron chi connectivity index (χ3n) is 4.41. The molecule has 0 saturated carbocycles. The van der Waals surface area contributed by atoms with Crippen molar-refractivity contribution in [3.05, 3.63) is 35.4 Å². The van der Waals surface area contributed by atoms with E-state index in [0.29, 0.717) is 31.7 Å². The fraction of sp³-hybridized carbons (Fsp3) is 0.529. The Morgan fingerprint density at radius 2 is 1.54 bits per heavy atom. The molecule has 0 aliphatic carbocycles. The van der Waals surface area contributed by atoms with Gasteiger partial charge in [0.25, 0.3) is 0 Å². The Morgan fingerprint density at radius 3 is 2.04 bits per heavy atom. The number of amides is 2. The number of carbonyl (C=O) groups is 2. The van der Waals surface area contributed by atoms with Crippen molar-refractivity contribution in [2.75, 3.05) is 26.2 Å². The molecule has 1 aliphatic rings. The molecule has 1 unspecified atom stereocenters. The minimum Gasteiger partial charge on any atom is -0.339 e. The molecular weight excluding hydrogens is 328 g/mol. The molecule has 1 aromatic carbocycles. The summed E-state index contributed by atoms with van der Waals surface area (Å²) in [4.78, 5) is 27.0. The predicted octanol–water partition coefficient (Wildman–Crippen LogP) is 0.989. The number of hydrogen-bond donors (Lipinski definition) is 0. The molecule has 7 heteroatoms. The molecule has 0 radical (unpaired) electrons. The topological polar surface area (TPSA) is 74.8 Å². The van der Waals surface area contributed by atoms with Gasteiger partial charge in [0.15, 0.2) is 9.84 Å². The number of aryl methyl sites for hydroxylation is 1. The molecule has 2 rings (SSSR count). The van der Waals surface area contributed by atoms with E-state index in [1.807, 2.05) is 19.1 Å². The molecule has 24 heavy (non-hydrogen) atoms. The van der Waals surface area contributed by atoms with E-state index in [-0.39, 0.29) is 17.6 Å². The van der Waals surface area contributed by atoms with Crippen LogP contribution in [-0.2, 0) is 25.2 Å². The Bertz CT molecular complexity index is 705. The van der Waals surface area contributed by atoms with Crippen molar-refractivity contribution >= 4 is 21.7 Å². The van der Waals surface area contributed by atoms with Gasteiger partial charge in [-0.15, -0.1) is 0 Å². The number of piperazine rings is 1. The predicted molar refractivity (Wildman–Crippen MR) is 92.1 cm³/mol. The van der Waals surface area contributed by atoms with Crippen molar-refractivity contribution < 1.29 is 18.0 Å². The smallest absolute Gasteiger partial charge is 0.240 e. The highest BCUT2D eigenvalue weighted by Crippen LogP contribution is 2.15. The van der Waals surface area contributed by atoms with E-state index < -0.39 is 15.1 Å². The zero-order valence-electron chi connectivity index (χ0n) is 14.4. The molecule has 2 amide bonds. The lowest BCUT2D eigenvalue weighted by Gasteiger charge is -2.35. The summed E-state index contributed by atoms with van der Waals surface area (Å²) in [6.07, 6.45) is 0. The molecule has 1 aliphatic heterocycles. The van der Waals surface area contributed by atoms with Gasteiger partial charge >= 0.3 is 0 Å². The highest BCUT2D eigenvalue weighted by Gasteiger charge is 2.33. The Balaban J connectivity index is 2.01. The first kappa shape index (κ1) is 18.4. The van der Waals surface area contributed by atoms with Crippen molar-refractivity contribution in [3.63, 3.8) is 0 Å². The summed E-state index contributed by atoms with van der Waals surface area (Å²) in [5, 5.41) is -1.08. The zero-order chi connectivity index (χ0) is 17.9. The lowest BCUT2D eigenvalue weighted by atomic mass is 10.2. The molecular formula is C17H24N2O4S. The number of hydrogen-bond acceptors (Lipinski definition) is 4. The first-order chi connectivity index (χ1) is 11.2. The summed E-state index contributed by atoms with van der Waals surface area (Å²) < 4.78 is 25.1. The van der Waals surface area contributed by atoms with E-state index in [2.05, 4.69) is 0 Å². The molecule has 0 bridgehead atoms. The van der Waals surface area contributed by atoms with E-state index in [9.17, 15) is 18.0 Å². The maximum Gasteiger partial charge on any atom is 0.240 e. The Hall–Kier alpha value is -1.89. The summed E-state index contributed by atoms with van der Waals surface area (Å²) in [6, 6.07) is 7.27. The van der Waals surface area contributed by atoms with Gasteiger partial charge in [-0.3, -0.25) is 9.59 Å². The van der Waals surface area contributed by atoms with E-state index in [0.717, 1.165) is 5.56 Å². The van der Waals surface area contributed by atoms with Crippen LogP contribution in [0.5, 0.6) is 0 Å². The molecule has 132 valence electrons. The molecule has 1 saturated heterocycles. The number of sulfone groups is 1. The van der Waals surface area contributed by atoms with Crippen molar-refractivity contribution in [3.8, 4) is 0 Å². The van der Waals surface area contributed by atoms with Crippen molar-refractivity contribution in [1.29, 1.82) is 0 Å². The monoisotopic (exact) mass is 352 g/mol. The van der Waals surface area contributed by atoms with Crippen LogP contribution in [0.1, 0.15) is 25.0 Å². The van der Waals surface area contributed by atoms with Crippen LogP contribution in [0.2, 0.25) is 0 Å². The summed E-state index contributed by atoms with van der Waals surface area (Å²) in [5.41, 5.74) is 1.74. The van der Waals surface area contributed by atoms with Gasteiger partial charge in [0.05, 0.1) is 5.75 Å². The second-order valence-corrected chi connectivity index (χ2v) is 8.59. The zero-order valence-corrected chi connectivity index (χ0v) is 15.2. The maximum atomic E-state index is 12.5. The molecule has 1 aromatic rings. The average molecular weight is 352 g/mol. The number of nitrogens with zero attached hydrogens (tertiary/aromatic N) is 2. The van der Waals surface area contributed by atoms with Crippen molar-refractivity contribution in [1.82, 2.24) is 9.80 Å².